The van der Waals surface area contributed by atoms with E-state index in [9.17, 15) is 0 Å². The second kappa shape index (κ2) is 5.60. The van der Waals surface area contributed by atoms with Crippen LogP contribution in [0.2, 0.25) is 0 Å². The van der Waals surface area contributed by atoms with Gasteiger partial charge in [-0.3, -0.25) is 0 Å². The van der Waals surface area contributed by atoms with Gasteiger partial charge in [0.15, 0.2) is 6.17 Å². The van der Waals surface area contributed by atoms with Crippen molar-refractivity contribution in [3.63, 3.8) is 0 Å². The van der Waals surface area contributed by atoms with E-state index in [4.69, 9.17) is 10.2 Å². The van der Waals surface area contributed by atoms with Crippen LogP contribution in [-0.2, 0) is 0 Å². The number of aromatic nitrogens is 4. The molecule has 0 unspecified atom stereocenters. The van der Waals surface area contributed by atoms with E-state index in [2.05, 4.69) is 48.5 Å². The molecule has 120 valence electrons. The average Bonchev–Trinajstić information content (AvgIpc) is 3.29. The molecule has 5 rings (SSSR count). The van der Waals surface area contributed by atoms with Gasteiger partial charge in [0.05, 0.1) is 23.4 Å². The third kappa shape index (κ3) is 2.22. The maximum absolute atomic E-state index is 4.69. The van der Waals surface area contributed by atoms with Gasteiger partial charge in [0.1, 0.15) is 0 Å². The van der Waals surface area contributed by atoms with Gasteiger partial charge in [-0.05, 0) is 17.7 Å². The van der Waals surface area contributed by atoms with Crippen LogP contribution in [0.3, 0.4) is 0 Å². The zero-order valence-electron chi connectivity index (χ0n) is 13.5. The van der Waals surface area contributed by atoms with E-state index < -0.39 is 0 Å². The quantitative estimate of drug-likeness (QED) is 0.490. The van der Waals surface area contributed by atoms with Gasteiger partial charge >= 0.3 is 0 Å². The van der Waals surface area contributed by atoms with Crippen LogP contribution in [0.5, 0.6) is 0 Å². The normalized spacial score (nSPS) is 11.6. The number of nitrogens with zero attached hydrogens (tertiary/aromatic N) is 4. The fraction of sp³-hybridized carbons (Fsp3) is 0.0476. The summed E-state index contributed by atoms with van der Waals surface area (Å²) in [4.78, 5) is 0. The molecule has 0 amide bonds. The molecule has 4 nitrogen and oxygen atoms in total. The van der Waals surface area contributed by atoms with Crippen molar-refractivity contribution in [2.75, 3.05) is 0 Å². The number of fused-ring (bicyclic) bond motifs is 2. The van der Waals surface area contributed by atoms with Gasteiger partial charge in [-0.15, -0.1) is 0 Å². The first kappa shape index (κ1) is 14.0. The fourth-order valence-corrected chi connectivity index (χ4v) is 3.38. The van der Waals surface area contributed by atoms with E-state index in [0.29, 0.717) is 0 Å². The molecule has 0 radical (unpaired) electrons. The minimum atomic E-state index is -0.138. The molecule has 0 aliphatic heterocycles. The SMILES string of the molecule is c1ccc(C(n2ncc3ccccc32)n2ncc3ccccc32)cc1. The van der Waals surface area contributed by atoms with Crippen LogP contribution in [0, 0.1) is 0 Å². The molecule has 0 spiro atoms. The highest BCUT2D eigenvalue weighted by atomic mass is 15.4. The molecular weight excluding hydrogens is 308 g/mol. The molecule has 0 atom stereocenters. The molecule has 4 heteroatoms. The minimum absolute atomic E-state index is 0.138. The lowest BCUT2D eigenvalue weighted by molar-refractivity contribution is 0.442. The van der Waals surface area contributed by atoms with E-state index in [1.54, 1.807) is 0 Å². The van der Waals surface area contributed by atoms with Crippen molar-refractivity contribution in [1.29, 1.82) is 0 Å². The second-order valence-corrected chi connectivity index (χ2v) is 6.08. The Kier molecular flexibility index (Phi) is 3.13. The number of para-hydroxylation sites is 2. The first-order chi connectivity index (χ1) is 12.4. The highest BCUT2D eigenvalue weighted by Crippen LogP contribution is 2.27. The van der Waals surface area contributed by atoms with Crippen LogP contribution < -0.4 is 0 Å². The Bertz CT molecular complexity index is 1080. The zero-order valence-corrected chi connectivity index (χ0v) is 13.5. The summed E-state index contributed by atoms with van der Waals surface area (Å²) in [6.45, 7) is 0. The van der Waals surface area contributed by atoms with Crippen molar-refractivity contribution in [3.8, 4) is 0 Å². The lowest BCUT2D eigenvalue weighted by atomic mass is 10.1. The maximum Gasteiger partial charge on any atom is 0.170 e. The van der Waals surface area contributed by atoms with Gasteiger partial charge in [0.2, 0.25) is 0 Å². The first-order valence-corrected chi connectivity index (χ1v) is 8.31. The lowest BCUT2D eigenvalue weighted by Crippen LogP contribution is -2.21. The van der Waals surface area contributed by atoms with E-state index in [-0.39, 0.29) is 6.17 Å². The van der Waals surface area contributed by atoms with Crippen LogP contribution in [-0.4, -0.2) is 19.6 Å². The molecule has 0 saturated heterocycles. The first-order valence-electron chi connectivity index (χ1n) is 8.31. The smallest absolute Gasteiger partial charge is 0.170 e. The Morgan fingerprint density at radius 3 is 1.60 bits per heavy atom. The van der Waals surface area contributed by atoms with E-state index in [1.165, 1.54) is 0 Å². The van der Waals surface area contributed by atoms with Crippen molar-refractivity contribution in [2.45, 2.75) is 6.17 Å². The zero-order chi connectivity index (χ0) is 16.6. The number of benzene rings is 3. The van der Waals surface area contributed by atoms with Gasteiger partial charge in [0.25, 0.3) is 0 Å². The van der Waals surface area contributed by atoms with Crippen LogP contribution in [0.15, 0.2) is 91.3 Å². The van der Waals surface area contributed by atoms with Crippen LogP contribution in [0.4, 0.5) is 0 Å². The Labute approximate surface area is 144 Å². The summed E-state index contributed by atoms with van der Waals surface area (Å²) in [6, 6.07) is 26.9. The van der Waals surface area contributed by atoms with E-state index >= 15 is 0 Å². The summed E-state index contributed by atoms with van der Waals surface area (Å²) in [7, 11) is 0. The van der Waals surface area contributed by atoms with Crippen molar-refractivity contribution in [3.05, 3.63) is 96.8 Å². The van der Waals surface area contributed by atoms with Gasteiger partial charge in [0, 0.05) is 10.8 Å². The highest BCUT2D eigenvalue weighted by molar-refractivity contribution is 5.80. The molecule has 2 aromatic heterocycles. The predicted molar refractivity (Wildman–Crippen MR) is 99.4 cm³/mol. The standard InChI is InChI=1S/C21H16N4/c1-2-8-16(9-3-1)21(24-19-12-6-4-10-17(19)14-22-24)25-20-13-7-5-11-18(20)15-23-25/h1-15,21H. The Hall–Kier alpha value is -3.40. The Morgan fingerprint density at radius 1 is 0.560 bits per heavy atom. The molecule has 0 aliphatic carbocycles. The number of hydrogen-bond donors (Lipinski definition) is 0. The van der Waals surface area contributed by atoms with Crippen molar-refractivity contribution >= 4 is 21.8 Å². The predicted octanol–water partition coefficient (Wildman–Crippen LogP) is 4.48. The molecule has 2 heterocycles. The molecule has 25 heavy (non-hydrogen) atoms. The summed E-state index contributed by atoms with van der Waals surface area (Å²) in [6.07, 6.45) is 3.69. The summed E-state index contributed by atoms with van der Waals surface area (Å²) in [5, 5.41) is 11.6. The molecule has 5 aromatic rings. The third-order valence-corrected chi connectivity index (χ3v) is 4.57. The van der Waals surface area contributed by atoms with Crippen molar-refractivity contribution in [1.82, 2.24) is 19.6 Å². The second-order valence-electron chi connectivity index (χ2n) is 6.08. The molecule has 3 aromatic carbocycles. The molecule has 0 fully saturated rings. The Morgan fingerprint density at radius 2 is 1.04 bits per heavy atom. The van der Waals surface area contributed by atoms with Crippen LogP contribution in [0.25, 0.3) is 21.8 Å². The van der Waals surface area contributed by atoms with Crippen molar-refractivity contribution < 1.29 is 0 Å². The molecular formula is C21H16N4. The largest absolute Gasteiger partial charge is 0.236 e. The van der Waals surface area contributed by atoms with E-state index in [0.717, 1.165) is 27.4 Å². The van der Waals surface area contributed by atoms with Crippen LogP contribution in [0.1, 0.15) is 11.7 Å². The summed E-state index contributed by atoms with van der Waals surface area (Å²) in [5.74, 6) is 0. The summed E-state index contributed by atoms with van der Waals surface area (Å²) in [5.41, 5.74) is 3.33. The van der Waals surface area contributed by atoms with Gasteiger partial charge in [-0.2, -0.15) is 10.2 Å². The molecule has 0 N–H and O–H groups in total. The van der Waals surface area contributed by atoms with Gasteiger partial charge in [-0.25, -0.2) is 9.36 Å². The summed E-state index contributed by atoms with van der Waals surface area (Å²) >= 11 is 0. The number of rotatable bonds is 3. The van der Waals surface area contributed by atoms with Crippen LogP contribution >= 0.6 is 0 Å². The van der Waals surface area contributed by atoms with Crippen molar-refractivity contribution in [2.24, 2.45) is 0 Å². The molecule has 0 saturated carbocycles. The topological polar surface area (TPSA) is 35.6 Å². The van der Waals surface area contributed by atoms with Gasteiger partial charge < -0.3 is 0 Å². The third-order valence-electron chi connectivity index (χ3n) is 4.57. The average molecular weight is 324 g/mol. The highest BCUT2D eigenvalue weighted by Gasteiger charge is 2.21. The number of hydrogen-bond acceptors (Lipinski definition) is 2. The lowest BCUT2D eigenvalue weighted by Gasteiger charge is -2.21. The molecule has 0 bridgehead atoms. The Balaban J connectivity index is 1.81. The fourth-order valence-electron chi connectivity index (χ4n) is 3.38. The monoisotopic (exact) mass is 324 g/mol. The van der Waals surface area contributed by atoms with Gasteiger partial charge in [-0.1, -0.05) is 66.7 Å². The maximum atomic E-state index is 4.69. The molecule has 0 aliphatic rings. The summed E-state index contributed by atoms with van der Waals surface area (Å²) < 4.78 is 4.09. The van der Waals surface area contributed by atoms with E-state index in [1.807, 2.05) is 52.1 Å². The minimum Gasteiger partial charge on any atom is -0.236 e.